The van der Waals surface area contributed by atoms with Gasteiger partial charge in [0.2, 0.25) is 0 Å². The van der Waals surface area contributed by atoms with Crippen molar-refractivity contribution in [3.63, 3.8) is 0 Å². The fourth-order valence-corrected chi connectivity index (χ4v) is 13.8. The Hall–Kier alpha value is -5.80. The van der Waals surface area contributed by atoms with Gasteiger partial charge in [-0.2, -0.15) is 16.9 Å². The van der Waals surface area contributed by atoms with Crippen LogP contribution >= 0.6 is 11.8 Å². The average Bonchev–Trinajstić information content (AvgIpc) is 3.95. The first-order valence-corrected chi connectivity index (χ1v) is 27.5. The van der Waals surface area contributed by atoms with E-state index in [1.54, 1.807) is 11.9 Å². The van der Waals surface area contributed by atoms with Gasteiger partial charge in [-0.15, -0.1) is 6.42 Å². The van der Waals surface area contributed by atoms with E-state index in [4.69, 9.17) is 17.6 Å². The van der Waals surface area contributed by atoms with Crippen LogP contribution in [0.1, 0.15) is 93.2 Å². The molecule has 2 bridgehead atoms. The van der Waals surface area contributed by atoms with Crippen LogP contribution in [-0.4, -0.2) is 142 Å². The number of nitrogens with one attached hydrogen (secondary N) is 3. The maximum atomic E-state index is 15.5. The van der Waals surface area contributed by atoms with Crippen molar-refractivity contribution < 1.29 is 23.5 Å². The zero-order chi connectivity index (χ0) is 51.2. The molecule has 2 saturated carbocycles. The van der Waals surface area contributed by atoms with E-state index in [1.807, 2.05) is 28.4 Å². The molecule has 2 aromatic heterocycles. The summed E-state index contributed by atoms with van der Waals surface area (Å²) in [5, 5.41) is 31.3. The van der Waals surface area contributed by atoms with Crippen molar-refractivity contribution in [2.45, 2.75) is 94.7 Å². The zero-order valence-electron chi connectivity index (χ0n) is 42.4. The van der Waals surface area contributed by atoms with Crippen molar-refractivity contribution in [1.82, 2.24) is 40.1 Å². The topological polar surface area (TPSA) is 172 Å². The minimum atomic E-state index is -0.843. The quantitative estimate of drug-likeness (QED) is 0.0354. The Kier molecular flexibility index (Phi) is 14.5. The highest BCUT2D eigenvalue weighted by molar-refractivity contribution is 7.98. The van der Waals surface area contributed by atoms with Crippen LogP contribution in [0.2, 0.25) is 0 Å². The highest BCUT2D eigenvalue weighted by Crippen LogP contribution is 2.54. The molecule has 2 atom stereocenters. The summed E-state index contributed by atoms with van der Waals surface area (Å²) < 4.78 is 31.7. The number of piperazine rings is 1. The number of phenolic OH excluding ortho intramolecular Hbond substituents is 1. The van der Waals surface area contributed by atoms with Crippen LogP contribution in [0.5, 0.6) is 5.75 Å². The van der Waals surface area contributed by atoms with E-state index in [9.17, 15) is 19.1 Å². The molecule has 386 valence electrons. The van der Waals surface area contributed by atoms with Crippen LogP contribution in [0.4, 0.5) is 25.1 Å². The van der Waals surface area contributed by atoms with E-state index in [0.29, 0.717) is 59.7 Å². The maximum Gasteiger partial charge on any atom is 0.322 e. The van der Waals surface area contributed by atoms with Gasteiger partial charge in [0.1, 0.15) is 29.4 Å². The van der Waals surface area contributed by atoms with Gasteiger partial charge >= 0.3 is 6.03 Å². The van der Waals surface area contributed by atoms with Crippen molar-refractivity contribution >= 4 is 63.1 Å². The Balaban J connectivity index is 0.000000173. The number of urea groups is 1. The summed E-state index contributed by atoms with van der Waals surface area (Å²) >= 11 is 2.04. The number of amidine groups is 1. The molecular weight excluding hydrogens is 945 g/mol. The zero-order valence-corrected chi connectivity index (χ0v) is 43.2. The van der Waals surface area contributed by atoms with Gasteiger partial charge in [-0.3, -0.25) is 20.0 Å². The van der Waals surface area contributed by atoms with E-state index in [-0.39, 0.29) is 57.5 Å². The molecule has 73 heavy (non-hydrogen) atoms. The summed E-state index contributed by atoms with van der Waals surface area (Å²) in [4.78, 5) is 36.8. The Morgan fingerprint density at radius 3 is 2.44 bits per heavy atom. The van der Waals surface area contributed by atoms with E-state index in [0.717, 1.165) is 36.1 Å². The van der Waals surface area contributed by atoms with Crippen molar-refractivity contribution in [3.8, 4) is 29.4 Å². The van der Waals surface area contributed by atoms with Crippen LogP contribution < -0.4 is 21.3 Å². The number of nitrogens with zero attached hydrogens (tertiary/aromatic N) is 7. The third-order valence-corrected chi connectivity index (χ3v) is 18.0. The number of fused-ring (bicyclic) bond motifs is 4. The smallest absolute Gasteiger partial charge is 0.322 e. The summed E-state index contributed by atoms with van der Waals surface area (Å²) in [6.07, 6.45) is 23.3. The molecule has 2 aliphatic carbocycles. The average molecular weight is 1010 g/mol. The fourth-order valence-electron chi connectivity index (χ4n) is 12.8. The van der Waals surface area contributed by atoms with E-state index in [1.165, 1.54) is 126 Å². The molecule has 14 nitrogen and oxygen atoms in total. The number of aromatic hydroxyl groups is 1. The molecule has 2 amide bonds. The number of piperidine rings is 2. The lowest BCUT2D eigenvalue weighted by Gasteiger charge is -2.56. The lowest BCUT2D eigenvalue weighted by Crippen LogP contribution is -2.56. The summed E-state index contributed by atoms with van der Waals surface area (Å²) in [5.41, 5.74) is 9.71. The van der Waals surface area contributed by atoms with Gasteiger partial charge in [0.05, 0.1) is 22.3 Å². The van der Waals surface area contributed by atoms with E-state index in [2.05, 4.69) is 60.9 Å². The van der Waals surface area contributed by atoms with Crippen LogP contribution in [0, 0.1) is 40.2 Å². The SMILES string of the molecule is C#Cc1c(F)ccc2cc(O)cc(-c3ncc(C(=N)N4CC5CCC(C4)N5)c(N)c3F)c12.CNC(=O)N(CCC=O)c1nn(C)c2cc(C3CCN(C4CC5(CCN(CC6(CSC)CC6)CC5)C4)CC3)ccc12. The summed E-state index contributed by atoms with van der Waals surface area (Å²) in [5.74, 6) is 3.33. The summed E-state index contributed by atoms with van der Waals surface area (Å²) in [6.45, 7) is 8.00. The molecule has 3 aromatic carbocycles. The molecule has 4 saturated heterocycles. The molecule has 6 aliphatic rings. The number of nitrogens with two attached hydrogens (primary N) is 1. The predicted octanol–water partition coefficient (Wildman–Crippen LogP) is 8.09. The van der Waals surface area contributed by atoms with Crippen molar-refractivity contribution in [2.75, 3.05) is 82.0 Å². The van der Waals surface area contributed by atoms with Crippen LogP contribution in [0.15, 0.2) is 48.7 Å². The Bertz CT molecular complexity index is 2940. The van der Waals surface area contributed by atoms with E-state index < -0.39 is 11.6 Å². The second-order valence-electron chi connectivity index (χ2n) is 21.8. The molecule has 1 spiro atoms. The molecular formula is C56H69F2N11O3S. The number of likely N-dealkylation sites (tertiary alicyclic amines) is 3. The molecule has 4 aliphatic heterocycles. The number of halogens is 2. The minimum Gasteiger partial charge on any atom is -0.508 e. The molecule has 5 aromatic rings. The minimum absolute atomic E-state index is 0.0506. The van der Waals surface area contributed by atoms with Gasteiger partial charge < -0.3 is 41.0 Å². The number of carbonyl (C=O) groups is 2. The van der Waals surface area contributed by atoms with Gasteiger partial charge in [0.15, 0.2) is 11.6 Å². The van der Waals surface area contributed by atoms with Gasteiger partial charge in [0.25, 0.3) is 0 Å². The third-order valence-electron chi connectivity index (χ3n) is 17.1. The Morgan fingerprint density at radius 1 is 1.05 bits per heavy atom. The highest BCUT2D eigenvalue weighted by Gasteiger charge is 2.50. The number of aromatic nitrogens is 3. The lowest BCUT2D eigenvalue weighted by atomic mass is 9.59. The number of anilines is 2. The molecule has 2 unspecified atom stereocenters. The number of aldehydes is 1. The first-order chi connectivity index (χ1) is 35.2. The van der Waals surface area contributed by atoms with Gasteiger partial charge in [-0.1, -0.05) is 18.1 Å². The van der Waals surface area contributed by atoms with Gasteiger partial charge in [-0.25, -0.2) is 13.6 Å². The maximum absolute atomic E-state index is 15.5. The molecule has 0 radical (unpaired) electrons. The predicted molar refractivity (Wildman–Crippen MR) is 287 cm³/mol. The Morgan fingerprint density at radius 2 is 1.78 bits per heavy atom. The molecule has 6 fully saturated rings. The third kappa shape index (κ3) is 10.1. The number of nitrogen functional groups attached to an aromatic ring is 1. The Labute approximate surface area is 431 Å². The monoisotopic (exact) mass is 1010 g/mol. The number of thioether (sulfide) groups is 1. The number of pyridine rings is 1. The number of hydrogen-bond donors (Lipinski definition) is 5. The van der Waals surface area contributed by atoms with Crippen LogP contribution in [0.25, 0.3) is 32.9 Å². The van der Waals surface area contributed by atoms with Crippen molar-refractivity contribution in [2.24, 2.45) is 17.9 Å². The first-order valence-electron chi connectivity index (χ1n) is 26.1. The summed E-state index contributed by atoms with van der Waals surface area (Å²) in [7, 11) is 3.54. The number of rotatable bonds is 12. The number of hydrogen-bond acceptors (Lipinski definition) is 11. The van der Waals surface area contributed by atoms with Crippen LogP contribution in [0.3, 0.4) is 0 Å². The van der Waals surface area contributed by atoms with Crippen molar-refractivity contribution in [3.05, 3.63) is 77.0 Å². The number of carbonyl (C=O) groups excluding carboxylic acids is 2. The number of amides is 2. The second kappa shape index (κ2) is 20.8. The lowest BCUT2D eigenvalue weighted by molar-refractivity contribution is -0.107. The van der Waals surface area contributed by atoms with E-state index >= 15 is 4.39 Å². The second-order valence-corrected chi connectivity index (χ2v) is 22.6. The summed E-state index contributed by atoms with van der Waals surface area (Å²) in [6, 6.07) is 13.1. The number of benzene rings is 3. The first kappa shape index (κ1) is 50.7. The van der Waals surface area contributed by atoms with Crippen molar-refractivity contribution in [1.29, 1.82) is 5.41 Å². The van der Waals surface area contributed by atoms with Gasteiger partial charge in [-0.05, 0) is 160 Å². The number of terminal acetylenes is 1. The molecule has 11 rings (SSSR count). The van der Waals surface area contributed by atoms with Crippen LogP contribution in [-0.2, 0) is 11.8 Å². The standard InChI is InChI=1S/C32H48N6O2S.C24H21F2N5O/c1-33-30(40)38(13-4-18-39)29-27-6-5-25(19-28(27)35(2)34-29)24-7-14-37(15-8-24)26-20-31(21-26)11-16-36(17-12-31)22-32(9-10-32)23-41-3;1-2-16-19(25)6-3-12-7-15(32)8-17(20(12)16)23-21(26)22(27)18(9-29-23)24(28)31-10-13-4-5-14(11-31)30-13/h5-6,18-19,24,26H,4,7-17,20-23H2,1-3H3,(H,33,40);1,3,6-9,13-14,28,30,32H,4-5,10-11H2,(H2,27,29). The fraction of sp³-hybridized carbons (Fsp3) is 0.518. The molecule has 17 heteroatoms. The normalized spacial score (nSPS) is 21.6. The molecule has 6 heterocycles. The number of phenols is 1. The largest absolute Gasteiger partial charge is 0.508 e. The molecule has 6 N–H and O–H groups in total. The van der Waals surface area contributed by atoms with Gasteiger partial charge in [0, 0.05) is 87.4 Å². The highest BCUT2D eigenvalue weighted by atomic mass is 32.2. The number of aryl methyl sites for hydroxylation is 1.